The van der Waals surface area contributed by atoms with Gasteiger partial charge in [0.1, 0.15) is 0 Å². The van der Waals surface area contributed by atoms with Gasteiger partial charge in [-0.1, -0.05) is 0 Å². The highest BCUT2D eigenvalue weighted by Gasteiger charge is 2.10. The molecule has 76 valence electrons. The van der Waals surface area contributed by atoms with Crippen molar-refractivity contribution in [2.75, 3.05) is 0 Å². The van der Waals surface area contributed by atoms with E-state index in [1.54, 1.807) is 0 Å². The molecule has 0 amide bonds. The number of nitrogens with zero attached hydrogens (tertiary/aromatic N) is 4. The van der Waals surface area contributed by atoms with Crippen LogP contribution in [0, 0.1) is 0 Å². The zero-order valence-electron chi connectivity index (χ0n) is 7.33. The number of halogens is 1. The Bertz CT molecular complexity index is 511. The van der Waals surface area contributed by atoms with Crippen molar-refractivity contribution in [1.29, 1.82) is 0 Å². The third-order valence-electron chi connectivity index (χ3n) is 1.68. The molecule has 0 bridgehead atoms. The average molecular weight is 269 g/mol. The number of carbonyl (C=O) groups is 1. The molecular weight excluding hydrogens is 264 g/mol. The summed E-state index contributed by atoms with van der Waals surface area (Å²) in [6.07, 6.45) is 5.65. The predicted molar refractivity (Wildman–Crippen MR) is 53.8 cm³/mol. The van der Waals surface area contributed by atoms with Crippen LogP contribution >= 0.6 is 15.9 Å². The molecule has 0 spiro atoms. The maximum absolute atomic E-state index is 10.6. The lowest BCUT2D eigenvalue weighted by Crippen LogP contribution is -2.00. The molecule has 1 N–H and O–H groups in total. The Morgan fingerprint density at radius 2 is 2.13 bits per heavy atom. The SMILES string of the molecule is O=C(O)c1cnn(-c2nccnc2Br)c1. The number of aromatic carboxylic acids is 1. The van der Waals surface area contributed by atoms with E-state index < -0.39 is 5.97 Å². The second kappa shape index (κ2) is 3.77. The van der Waals surface area contributed by atoms with Crippen molar-refractivity contribution in [1.82, 2.24) is 19.7 Å². The van der Waals surface area contributed by atoms with Crippen molar-refractivity contribution in [2.24, 2.45) is 0 Å². The summed E-state index contributed by atoms with van der Waals surface area (Å²) in [6, 6.07) is 0. The smallest absolute Gasteiger partial charge is 0.338 e. The summed E-state index contributed by atoms with van der Waals surface area (Å²) in [4.78, 5) is 18.6. The molecule has 0 aliphatic carbocycles. The highest BCUT2D eigenvalue weighted by Crippen LogP contribution is 2.14. The lowest BCUT2D eigenvalue weighted by Gasteiger charge is -2.00. The van der Waals surface area contributed by atoms with E-state index in [0.717, 1.165) is 0 Å². The molecule has 2 aromatic rings. The van der Waals surface area contributed by atoms with E-state index in [0.29, 0.717) is 10.4 Å². The minimum atomic E-state index is -1.03. The molecule has 0 saturated heterocycles. The van der Waals surface area contributed by atoms with Crippen molar-refractivity contribution in [2.45, 2.75) is 0 Å². The maximum atomic E-state index is 10.6. The van der Waals surface area contributed by atoms with E-state index in [9.17, 15) is 4.79 Å². The van der Waals surface area contributed by atoms with Crippen LogP contribution in [0.3, 0.4) is 0 Å². The van der Waals surface area contributed by atoms with Crippen LogP contribution in [-0.2, 0) is 0 Å². The topological polar surface area (TPSA) is 80.9 Å². The van der Waals surface area contributed by atoms with E-state index in [4.69, 9.17) is 5.11 Å². The molecule has 0 fully saturated rings. The average Bonchev–Trinajstić information content (AvgIpc) is 2.67. The Balaban J connectivity index is 2.46. The van der Waals surface area contributed by atoms with Crippen molar-refractivity contribution < 1.29 is 9.90 Å². The zero-order chi connectivity index (χ0) is 10.8. The first kappa shape index (κ1) is 9.78. The highest BCUT2D eigenvalue weighted by molar-refractivity contribution is 9.10. The Morgan fingerprint density at radius 1 is 1.40 bits per heavy atom. The van der Waals surface area contributed by atoms with Crippen LogP contribution in [0.1, 0.15) is 10.4 Å². The quantitative estimate of drug-likeness (QED) is 0.883. The number of hydrogen-bond acceptors (Lipinski definition) is 4. The zero-order valence-corrected chi connectivity index (χ0v) is 8.92. The number of rotatable bonds is 2. The van der Waals surface area contributed by atoms with Gasteiger partial charge in [0.25, 0.3) is 0 Å². The molecule has 0 radical (unpaired) electrons. The second-order valence-corrected chi connectivity index (χ2v) is 3.40. The molecule has 2 rings (SSSR count). The molecular formula is C8H5BrN4O2. The lowest BCUT2D eigenvalue weighted by molar-refractivity contribution is 0.0697. The first-order chi connectivity index (χ1) is 7.18. The fourth-order valence-corrected chi connectivity index (χ4v) is 1.42. The van der Waals surface area contributed by atoms with Gasteiger partial charge < -0.3 is 5.11 Å². The third kappa shape index (κ3) is 1.86. The number of carboxylic acid groups (broad SMARTS) is 1. The normalized spacial score (nSPS) is 10.2. The van der Waals surface area contributed by atoms with Gasteiger partial charge in [0.2, 0.25) is 0 Å². The molecule has 2 aromatic heterocycles. The van der Waals surface area contributed by atoms with E-state index in [2.05, 4.69) is 31.0 Å². The van der Waals surface area contributed by atoms with Crippen LogP contribution in [0.2, 0.25) is 0 Å². The van der Waals surface area contributed by atoms with Crippen LogP contribution < -0.4 is 0 Å². The summed E-state index contributed by atoms with van der Waals surface area (Å²) in [5, 5.41) is 12.6. The Morgan fingerprint density at radius 3 is 2.73 bits per heavy atom. The molecule has 2 heterocycles. The molecule has 0 unspecified atom stereocenters. The molecule has 6 nitrogen and oxygen atoms in total. The van der Waals surface area contributed by atoms with Crippen LogP contribution in [-0.4, -0.2) is 30.8 Å². The highest BCUT2D eigenvalue weighted by atomic mass is 79.9. The molecule has 15 heavy (non-hydrogen) atoms. The summed E-state index contributed by atoms with van der Waals surface area (Å²) < 4.78 is 1.85. The van der Waals surface area contributed by atoms with Crippen molar-refractivity contribution in [3.8, 4) is 5.82 Å². The second-order valence-electron chi connectivity index (χ2n) is 2.65. The van der Waals surface area contributed by atoms with Gasteiger partial charge in [0.05, 0.1) is 11.8 Å². The van der Waals surface area contributed by atoms with Gasteiger partial charge in [-0.15, -0.1) is 0 Å². The summed E-state index contributed by atoms with van der Waals surface area (Å²) >= 11 is 3.20. The van der Waals surface area contributed by atoms with Gasteiger partial charge in [-0.25, -0.2) is 19.4 Å². The fraction of sp³-hybridized carbons (Fsp3) is 0. The van der Waals surface area contributed by atoms with Gasteiger partial charge in [0, 0.05) is 18.6 Å². The number of carboxylic acids is 1. The van der Waals surface area contributed by atoms with Crippen LogP contribution in [0.5, 0.6) is 0 Å². The minimum Gasteiger partial charge on any atom is -0.478 e. The molecule has 0 aliphatic rings. The summed E-state index contributed by atoms with van der Waals surface area (Å²) in [6.45, 7) is 0. The van der Waals surface area contributed by atoms with Crippen molar-refractivity contribution in [3.63, 3.8) is 0 Å². The molecule has 0 atom stereocenters. The van der Waals surface area contributed by atoms with Gasteiger partial charge >= 0.3 is 5.97 Å². The van der Waals surface area contributed by atoms with E-state index in [-0.39, 0.29) is 5.56 Å². The van der Waals surface area contributed by atoms with E-state index in [1.165, 1.54) is 29.5 Å². The molecule has 0 saturated carbocycles. The summed E-state index contributed by atoms with van der Waals surface area (Å²) in [5.74, 6) is -0.578. The first-order valence-corrected chi connectivity index (χ1v) is 4.72. The van der Waals surface area contributed by atoms with E-state index in [1.807, 2.05) is 0 Å². The Hall–Kier alpha value is -1.76. The van der Waals surface area contributed by atoms with Gasteiger partial charge in [-0.3, -0.25) is 0 Å². The standard InChI is InChI=1S/C8H5BrN4O2/c9-6-7(11-2-1-10-6)13-4-5(3-12-13)8(14)15/h1-4H,(H,14,15). The molecule has 7 heteroatoms. The predicted octanol–water partition coefficient (Wildman–Crippen LogP) is 1.12. The number of aromatic nitrogens is 4. The van der Waals surface area contributed by atoms with Gasteiger partial charge in [-0.05, 0) is 15.9 Å². The first-order valence-electron chi connectivity index (χ1n) is 3.93. The Labute approximate surface area is 92.7 Å². The Kier molecular flexibility index (Phi) is 2.46. The van der Waals surface area contributed by atoms with E-state index >= 15 is 0 Å². The summed E-state index contributed by atoms with van der Waals surface area (Å²) in [5.41, 5.74) is 0.104. The maximum Gasteiger partial charge on any atom is 0.338 e. The summed E-state index contributed by atoms with van der Waals surface area (Å²) in [7, 11) is 0. The van der Waals surface area contributed by atoms with Gasteiger partial charge in [-0.2, -0.15) is 5.10 Å². The minimum absolute atomic E-state index is 0.104. The fourth-order valence-electron chi connectivity index (χ4n) is 1.02. The van der Waals surface area contributed by atoms with Gasteiger partial charge in [0.15, 0.2) is 10.4 Å². The molecule has 0 aromatic carbocycles. The van der Waals surface area contributed by atoms with Crippen LogP contribution in [0.4, 0.5) is 0 Å². The largest absolute Gasteiger partial charge is 0.478 e. The van der Waals surface area contributed by atoms with Crippen molar-refractivity contribution >= 4 is 21.9 Å². The third-order valence-corrected chi connectivity index (χ3v) is 2.24. The lowest BCUT2D eigenvalue weighted by atomic mass is 10.4. The van der Waals surface area contributed by atoms with Crippen LogP contribution in [0.15, 0.2) is 29.4 Å². The molecule has 0 aliphatic heterocycles. The monoisotopic (exact) mass is 268 g/mol. The van der Waals surface area contributed by atoms with Crippen molar-refractivity contribution in [3.05, 3.63) is 35.0 Å². The number of hydrogen-bond donors (Lipinski definition) is 1. The van der Waals surface area contributed by atoms with Crippen LogP contribution in [0.25, 0.3) is 5.82 Å².